The molecule has 3 N–H and O–H groups in total. The molecule has 64 valence electrons. The van der Waals surface area contributed by atoms with Gasteiger partial charge in [-0.1, -0.05) is 0 Å². The van der Waals surface area contributed by atoms with E-state index in [-0.39, 0.29) is 0 Å². The number of aromatic nitrogens is 1. The van der Waals surface area contributed by atoms with Crippen LogP contribution in [0.15, 0.2) is 28.5 Å². The fourth-order valence-electron chi connectivity index (χ4n) is 0.763. The zero-order valence-electron chi connectivity index (χ0n) is 7.20. The van der Waals surface area contributed by atoms with Gasteiger partial charge in [-0.25, -0.2) is 0 Å². The molecule has 4 heteroatoms. The van der Waals surface area contributed by atoms with E-state index in [1.807, 2.05) is 25.3 Å². The maximum Gasteiger partial charge on any atom is 0.119 e. The lowest BCUT2D eigenvalue weighted by atomic mass is 10.3. The van der Waals surface area contributed by atoms with Gasteiger partial charge in [0.25, 0.3) is 0 Å². The van der Waals surface area contributed by atoms with Crippen molar-refractivity contribution >= 4 is 11.5 Å². The summed E-state index contributed by atoms with van der Waals surface area (Å²) < 4.78 is 0. The minimum atomic E-state index is 0.459. The Morgan fingerprint density at radius 3 is 2.67 bits per heavy atom. The van der Waals surface area contributed by atoms with Crippen molar-refractivity contribution in [2.24, 2.45) is 15.9 Å². The second kappa shape index (κ2) is 3.71. The number of nitrogens with two attached hydrogens (primary N) is 1. The van der Waals surface area contributed by atoms with Crippen molar-refractivity contribution in [1.29, 1.82) is 0 Å². The Balaban J connectivity index is 2.78. The van der Waals surface area contributed by atoms with Gasteiger partial charge in [0.1, 0.15) is 5.84 Å². The second-order valence-corrected chi connectivity index (χ2v) is 2.51. The molecule has 0 aliphatic rings. The Labute approximate surface area is 71.2 Å². The molecule has 0 aliphatic carbocycles. The lowest BCUT2D eigenvalue weighted by Gasteiger charge is -1.92. The molecule has 1 heterocycles. The van der Waals surface area contributed by atoms with Gasteiger partial charge >= 0.3 is 0 Å². The van der Waals surface area contributed by atoms with Crippen LogP contribution in [0.2, 0.25) is 0 Å². The van der Waals surface area contributed by atoms with Gasteiger partial charge in [-0.3, -0.25) is 0 Å². The SMILES string of the molecule is C/C(N)=N/N=C(/C)c1ccc[nH]1. The van der Waals surface area contributed by atoms with Crippen molar-refractivity contribution in [3.8, 4) is 0 Å². The summed E-state index contributed by atoms with van der Waals surface area (Å²) >= 11 is 0. The molecule has 0 fully saturated rings. The fourth-order valence-corrected chi connectivity index (χ4v) is 0.763. The molecule has 1 aromatic heterocycles. The summed E-state index contributed by atoms with van der Waals surface area (Å²) in [6, 6.07) is 3.84. The van der Waals surface area contributed by atoms with E-state index >= 15 is 0 Å². The van der Waals surface area contributed by atoms with Crippen LogP contribution in [0.4, 0.5) is 0 Å². The van der Waals surface area contributed by atoms with Crippen LogP contribution in [-0.2, 0) is 0 Å². The van der Waals surface area contributed by atoms with E-state index < -0.39 is 0 Å². The molecule has 0 saturated heterocycles. The number of nitrogens with one attached hydrogen (secondary N) is 1. The summed E-state index contributed by atoms with van der Waals surface area (Å²) in [5.74, 6) is 0.459. The normalized spacial score (nSPS) is 13.5. The molecular formula is C8H12N4. The molecule has 0 atom stereocenters. The minimum absolute atomic E-state index is 0.459. The number of aromatic amines is 1. The Hall–Kier alpha value is -1.58. The van der Waals surface area contributed by atoms with Gasteiger partial charge in [0.05, 0.1) is 11.4 Å². The minimum Gasteiger partial charge on any atom is -0.386 e. The molecular weight excluding hydrogens is 152 g/mol. The summed E-state index contributed by atoms with van der Waals surface area (Å²) in [7, 11) is 0. The quantitative estimate of drug-likeness (QED) is 0.384. The fraction of sp³-hybridized carbons (Fsp3) is 0.250. The Morgan fingerprint density at radius 2 is 2.17 bits per heavy atom. The number of hydrogen-bond acceptors (Lipinski definition) is 2. The highest BCUT2D eigenvalue weighted by atomic mass is 15.2. The molecule has 1 rings (SSSR count). The average molecular weight is 164 g/mol. The van der Waals surface area contributed by atoms with Crippen LogP contribution in [0.3, 0.4) is 0 Å². The predicted octanol–water partition coefficient (Wildman–Crippen LogP) is 1.12. The van der Waals surface area contributed by atoms with Gasteiger partial charge in [0.15, 0.2) is 0 Å². The predicted molar refractivity (Wildman–Crippen MR) is 50.3 cm³/mol. The molecule has 1 aromatic rings. The molecule has 4 nitrogen and oxygen atoms in total. The monoisotopic (exact) mass is 164 g/mol. The van der Waals surface area contributed by atoms with Crippen LogP contribution in [-0.4, -0.2) is 16.5 Å². The van der Waals surface area contributed by atoms with E-state index in [1.165, 1.54) is 0 Å². The van der Waals surface area contributed by atoms with E-state index in [0.29, 0.717) is 5.84 Å². The van der Waals surface area contributed by atoms with E-state index in [2.05, 4.69) is 15.2 Å². The molecule has 12 heavy (non-hydrogen) atoms. The first-order valence-corrected chi connectivity index (χ1v) is 3.68. The number of hydrogen-bond donors (Lipinski definition) is 2. The van der Waals surface area contributed by atoms with Gasteiger partial charge in [0.2, 0.25) is 0 Å². The van der Waals surface area contributed by atoms with E-state index in [1.54, 1.807) is 6.92 Å². The van der Waals surface area contributed by atoms with Crippen LogP contribution in [0, 0.1) is 0 Å². The van der Waals surface area contributed by atoms with E-state index in [9.17, 15) is 0 Å². The molecule has 0 saturated carbocycles. The van der Waals surface area contributed by atoms with E-state index in [4.69, 9.17) is 5.73 Å². The van der Waals surface area contributed by atoms with Crippen molar-refractivity contribution in [2.45, 2.75) is 13.8 Å². The van der Waals surface area contributed by atoms with Gasteiger partial charge in [0, 0.05) is 6.20 Å². The van der Waals surface area contributed by atoms with Crippen molar-refractivity contribution in [3.63, 3.8) is 0 Å². The first-order chi connectivity index (χ1) is 5.70. The van der Waals surface area contributed by atoms with Crippen LogP contribution in [0.25, 0.3) is 0 Å². The molecule has 0 bridgehead atoms. The van der Waals surface area contributed by atoms with Crippen LogP contribution in [0.1, 0.15) is 19.5 Å². The van der Waals surface area contributed by atoms with Crippen molar-refractivity contribution < 1.29 is 0 Å². The summed E-state index contributed by atoms with van der Waals surface area (Å²) in [6.45, 7) is 3.57. The molecule has 0 amide bonds. The highest BCUT2D eigenvalue weighted by molar-refractivity contribution is 5.97. The topological polar surface area (TPSA) is 66.5 Å². The third-order valence-corrected chi connectivity index (χ3v) is 1.35. The molecule has 0 aliphatic heterocycles. The van der Waals surface area contributed by atoms with Crippen LogP contribution < -0.4 is 5.73 Å². The first-order valence-electron chi connectivity index (χ1n) is 3.68. The van der Waals surface area contributed by atoms with Crippen LogP contribution in [0.5, 0.6) is 0 Å². The summed E-state index contributed by atoms with van der Waals surface area (Å²) in [5.41, 5.74) is 7.11. The average Bonchev–Trinajstić information content (AvgIpc) is 2.51. The van der Waals surface area contributed by atoms with Gasteiger partial charge < -0.3 is 10.7 Å². The van der Waals surface area contributed by atoms with Gasteiger partial charge in [-0.2, -0.15) is 5.10 Å². The summed E-state index contributed by atoms with van der Waals surface area (Å²) in [5, 5.41) is 7.66. The Morgan fingerprint density at radius 1 is 1.42 bits per heavy atom. The second-order valence-electron chi connectivity index (χ2n) is 2.51. The third-order valence-electron chi connectivity index (χ3n) is 1.35. The highest BCUT2D eigenvalue weighted by Gasteiger charge is 1.94. The smallest absolute Gasteiger partial charge is 0.119 e. The summed E-state index contributed by atoms with van der Waals surface area (Å²) in [6.07, 6.45) is 1.84. The van der Waals surface area contributed by atoms with Crippen LogP contribution >= 0.6 is 0 Å². The molecule has 0 aromatic carbocycles. The maximum atomic E-state index is 5.33. The zero-order chi connectivity index (χ0) is 8.97. The zero-order valence-corrected chi connectivity index (χ0v) is 7.20. The first kappa shape index (κ1) is 8.52. The highest BCUT2D eigenvalue weighted by Crippen LogP contribution is 1.97. The van der Waals surface area contributed by atoms with Crippen molar-refractivity contribution in [3.05, 3.63) is 24.0 Å². The molecule has 0 spiro atoms. The van der Waals surface area contributed by atoms with E-state index in [0.717, 1.165) is 11.4 Å². The summed E-state index contributed by atoms with van der Waals surface area (Å²) in [4.78, 5) is 3.02. The standard InChI is InChI=1S/C8H12N4/c1-6(11-12-7(2)9)8-4-3-5-10-8/h3-5,10H,1-2H3,(H2,9,12)/b11-6-. The number of amidine groups is 1. The van der Waals surface area contributed by atoms with Gasteiger partial charge in [-0.15, -0.1) is 5.10 Å². The Bertz CT molecular complexity index is 291. The number of rotatable bonds is 2. The molecule has 0 unspecified atom stereocenters. The van der Waals surface area contributed by atoms with Crippen molar-refractivity contribution in [2.75, 3.05) is 0 Å². The number of H-pyrrole nitrogens is 1. The van der Waals surface area contributed by atoms with Gasteiger partial charge in [-0.05, 0) is 26.0 Å². The Kier molecular flexibility index (Phi) is 2.63. The maximum absolute atomic E-state index is 5.33. The van der Waals surface area contributed by atoms with Crippen molar-refractivity contribution in [1.82, 2.24) is 4.98 Å². The lowest BCUT2D eigenvalue weighted by molar-refractivity contribution is 1.19. The lowest BCUT2D eigenvalue weighted by Crippen LogP contribution is -2.04. The molecule has 0 radical (unpaired) electrons. The third kappa shape index (κ3) is 2.23. The number of nitrogens with zero attached hydrogens (tertiary/aromatic N) is 2. The largest absolute Gasteiger partial charge is 0.386 e.